The lowest BCUT2D eigenvalue weighted by atomic mass is 10.2. The molecule has 0 aliphatic carbocycles. The molecule has 1 aliphatic rings. The maximum atomic E-state index is 5.28. The number of hydrazine groups is 2. The molecule has 0 aromatic rings. The van der Waals surface area contributed by atoms with Crippen molar-refractivity contribution in [3.63, 3.8) is 0 Å². The van der Waals surface area contributed by atoms with Gasteiger partial charge in [-0.15, -0.1) is 0 Å². The number of rotatable bonds is 2. The van der Waals surface area contributed by atoms with Gasteiger partial charge in [0.25, 0.3) is 0 Å². The molecule has 1 saturated heterocycles. The van der Waals surface area contributed by atoms with Crippen LogP contribution in [-0.4, -0.2) is 17.6 Å². The summed E-state index contributed by atoms with van der Waals surface area (Å²) >= 11 is 0. The van der Waals surface area contributed by atoms with Crippen molar-refractivity contribution in [2.45, 2.75) is 32.2 Å². The van der Waals surface area contributed by atoms with Crippen molar-refractivity contribution >= 4 is 0 Å². The van der Waals surface area contributed by atoms with Crippen molar-refractivity contribution in [2.24, 2.45) is 5.84 Å². The van der Waals surface area contributed by atoms with E-state index in [-0.39, 0.29) is 0 Å². The highest BCUT2D eigenvalue weighted by molar-refractivity contribution is 4.73. The molecule has 0 aromatic heterocycles. The van der Waals surface area contributed by atoms with Gasteiger partial charge in [-0.25, -0.2) is 5.01 Å². The van der Waals surface area contributed by atoms with Crippen LogP contribution in [0.4, 0.5) is 0 Å². The highest BCUT2D eigenvalue weighted by atomic mass is 15.6. The van der Waals surface area contributed by atoms with Gasteiger partial charge in [0.15, 0.2) is 0 Å². The van der Waals surface area contributed by atoms with Gasteiger partial charge in [0.1, 0.15) is 0 Å². The standard InChI is InChI=1S/C6H15N3/c1-2-6-4-3-5-9(6)8-7/h6,8H,2-5,7H2,1H3. The third-order valence-electron chi connectivity index (χ3n) is 2.01. The van der Waals surface area contributed by atoms with E-state index in [1.165, 1.54) is 19.3 Å². The van der Waals surface area contributed by atoms with Crippen LogP contribution in [0.2, 0.25) is 0 Å². The smallest absolute Gasteiger partial charge is 0.0254 e. The first-order chi connectivity index (χ1) is 4.38. The second-order valence-electron chi connectivity index (χ2n) is 2.53. The number of nitrogens with zero attached hydrogens (tertiary/aromatic N) is 1. The Kier molecular flexibility index (Phi) is 2.45. The van der Waals surface area contributed by atoms with Crippen molar-refractivity contribution in [3.05, 3.63) is 0 Å². The van der Waals surface area contributed by atoms with Crippen molar-refractivity contribution in [1.29, 1.82) is 0 Å². The van der Waals surface area contributed by atoms with Crippen LogP contribution in [0.1, 0.15) is 26.2 Å². The van der Waals surface area contributed by atoms with Gasteiger partial charge in [0.2, 0.25) is 0 Å². The molecule has 0 spiro atoms. The Hall–Kier alpha value is -0.120. The Morgan fingerprint density at radius 1 is 1.78 bits per heavy atom. The Balaban J connectivity index is 2.32. The average Bonchev–Trinajstić information content (AvgIpc) is 2.33. The van der Waals surface area contributed by atoms with Crippen LogP contribution in [0.25, 0.3) is 0 Å². The molecule has 1 heterocycles. The molecule has 3 heteroatoms. The molecule has 0 radical (unpaired) electrons. The van der Waals surface area contributed by atoms with Crippen molar-refractivity contribution in [2.75, 3.05) is 6.54 Å². The van der Waals surface area contributed by atoms with E-state index >= 15 is 0 Å². The first-order valence-corrected chi connectivity index (χ1v) is 3.61. The summed E-state index contributed by atoms with van der Waals surface area (Å²) in [6, 6.07) is 0.676. The molecule has 0 saturated carbocycles. The van der Waals surface area contributed by atoms with Crippen LogP contribution in [0.15, 0.2) is 0 Å². The zero-order valence-electron chi connectivity index (χ0n) is 5.93. The highest BCUT2D eigenvalue weighted by Crippen LogP contribution is 2.15. The Bertz CT molecular complexity index is 74.4. The first-order valence-electron chi connectivity index (χ1n) is 3.61. The summed E-state index contributed by atoms with van der Waals surface area (Å²) in [7, 11) is 0. The summed E-state index contributed by atoms with van der Waals surface area (Å²) in [6.45, 7) is 3.30. The second-order valence-corrected chi connectivity index (χ2v) is 2.53. The van der Waals surface area contributed by atoms with Gasteiger partial charge >= 0.3 is 0 Å². The molecule has 0 amide bonds. The fourth-order valence-electron chi connectivity index (χ4n) is 1.43. The summed E-state index contributed by atoms with van der Waals surface area (Å²) in [5.41, 5.74) is 2.70. The van der Waals surface area contributed by atoms with Gasteiger partial charge < -0.3 is 0 Å². The number of nitrogens with two attached hydrogens (primary N) is 1. The molecule has 9 heavy (non-hydrogen) atoms. The zero-order chi connectivity index (χ0) is 6.69. The van der Waals surface area contributed by atoms with Gasteiger partial charge in [-0.05, 0) is 19.3 Å². The largest absolute Gasteiger partial charge is 0.258 e. The fraction of sp³-hybridized carbons (Fsp3) is 1.00. The SMILES string of the molecule is CCC1CCCN1NN. The summed E-state index contributed by atoms with van der Waals surface area (Å²) in [4.78, 5) is 0. The molecule has 1 rings (SSSR count). The van der Waals surface area contributed by atoms with Crippen LogP contribution in [0.3, 0.4) is 0 Å². The monoisotopic (exact) mass is 129 g/mol. The molecule has 1 aliphatic heterocycles. The van der Waals surface area contributed by atoms with Crippen molar-refractivity contribution < 1.29 is 0 Å². The zero-order valence-corrected chi connectivity index (χ0v) is 5.93. The summed E-state index contributed by atoms with van der Waals surface area (Å²) < 4.78 is 0. The van der Waals surface area contributed by atoms with Crippen molar-refractivity contribution in [3.8, 4) is 0 Å². The molecular formula is C6H15N3. The van der Waals surface area contributed by atoms with Crippen LogP contribution < -0.4 is 11.4 Å². The van der Waals surface area contributed by atoms with E-state index < -0.39 is 0 Å². The highest BCUT2D eigenvalue weighted by Gasteiger charge is 2.20. The Morgan fingerprint density at radius 2 is 2.56 bits per heavy atom. The number of hydrogen-bond donors (Lipinski definition) is 2. The predicted molar refractivity (Wildman–Crippen MR) is 37.3 cm³/mol. The van der Waals surface area contributed by atoms with Crippen LogP contribution >= 0.6 is 0 Å². The summed E-state index contributed by atoms with van der Waals surface area (Å²) in [5.74, 6) is 5.28. The van der Waals surface area contributed by atoms with E-state index in [2.05, 4.69) is 17.5 Å². The minimum Gasteiger partial charge on any atom is -0.258 e. The maximum absolute atomic E-state index is 5.28. The van der Waals surface area contributed by atoms with E-state index in [9.17, 15) is 0 Å². The maximum Gasteiger partial charge on any atom is 0.0254 e. The molecule has 3 nitrogen and oxygen atoms in total. The molecule has 0 bridgehead atoms. The second kappa shape index (κ2) is 3.15. The molecule has 3 N–H and O–H groups in total. The number of nitrogens with one attached hydrogen (secondary N) is 1. The first kappa shape index (κ1) is 6.99. The fourth-order valence-corrected chi connectivity index (χ4v) is 1.43. The van der Waals surface area contributed by atoms with E-state index in [1.807, 2.05) is 0 Å². The molecule has 0 aromatic carbocycles. The Morgan fingerprint density at radius 3 is 3.00 bits per heavy atom. The van der Waals surface area contributed by atoms with Gasteiger partial charge in [0.05, 0.1) is 0 Å². The topological polar surface area (TPSA) is 41.3 Å². The third-order valence-corrected chi connectivity index (χ3v) is 2.01. The van der Waals surface area contributed by atoms with Gasteiger partial charge in [0, 0.05) is 12.6 Å². The van der Waals surface area contributed by atoms with Gasteiger partial charge in [-0.3, -0.25) is 5.84 Å². The van der Waals surface area contributed by atoms with E-state index in [1.54, 1.807) is 0 Å². The summed E-state index contributed by atoms with van der Waals surface area (Å²) in [6.07, 6.45) is 3.77. The van der Waals surface area contributed by atoms with Gasteiger partial charge in [-0.2, -0.15) is 5.53 Å². The van der Waals surface area contributed by atoms with Crippen molar-refractivity contribution in [1.82, 2.24) is 10.5 Å². The minimum atomic E-state index is 0.676. The molecule has 1 atom stereocenters. The summed E-state index contributed by atoms with van der Waals surface area (Å²) in [5, 5.41) is 2.11. The van der Waals surface area contributed by atoms with Gasteiger partial charge in [-0.1, -0.05) is 6.92 Å². The Labute approximate surface area is 56.1 Å². The predicted octanol–water partition coefficient (Wildman–Crippen LogP) is 0.239. The van der Waals surface area contributed by atoms with E-state index in [4.69, 9.17) is 5.84 Å². The van der Waals surface area contributed by atoms with E-state index in [0.717, 1.165) is 6.54 Å². The third kappa shape index (κ3) is 1.41. The lowest BCUT2D eigenvalue weighted by molar-refractivity contribution is 0.168. The number of hydrogen-bond acceptors (Lipinski definition) is 3. The molecular weight excluding hydrogens is 114 g/mol. The lowest BCUT2D eigenvalue weighted by Gasteiger charge is -2.20. The van der Waals surface area contributed by atoms with E-state index in [0.29, 0.717) is 6.04 Å². The molecule has 54 valence electrons. The van der Waals surface area contributed by atoms with Crippen LogP contribution in [0.5, 0.6) is 0 Å². The minimum absolute atomic E-state index is 0.676. The lowest BCUT2D eigenvalue weighted by Crippen LogP contribution is -2.45. The normalized spacial score (nSPS) is 29.3. The van der Waals surface area contributed by atoms with Crippen LogP contribution in [-0.2, 0) is 0 Å². The molecule has 1 fully saturated rings. The van der Waals surface area contributed by atoms with Crippen LogP contribution in [0, 0.1) is 0 Å². The molecule has 1 unspecified atom stereocenters. The average molecular weight is 129 g/mol. The quantitative estimate of drug-likeness (QED) is 0.414.